The zero-order valence-corrected chi connectivity index (χ0v) is 7.71. The standard InChI is InChI=1S/C10H9NO.ClH/c11-8-5-7-3-1-2-4-9(7)10(12)6-8;/h1-6,12H,11H2;1H. The number of aromatic hydroxyl groups is 1. The molecule has 0 radical (unpaired) electrons. The van der Waals surface area contributed by atoms with Gasteiger partial charge in [-0.15, -0.1) is 12.4 Å². The fourth-order valence-corrected chi connectivity index (χ4v) is 1.31. The molecule has 3 N–H and O–H groups in total. The van der Waals surface area contributed by atoms with Crippen molar-refractivity contribution in [3.05, 3.63) is 36.4 Å². The summed E-state index contributed by atoms with van der Waals surface area (Å²) in [6.07, 6.45) is 0. The molecule has 0 aromatic heterocycles. The molecule has 0 atom stereocenters. The zero-order chi connectivity index (χ0) is 8.55. The number of hydrogen-bond donors (Lipinski definition) is 2. The van der Waals surface area contributed by atoms with Gasteiger partial charge >= 0.3 is 0 Å². The van der Waals surface area contributed by atoms with E-state index in [-0.39, 0.29) is 18.2 Å². The molecule has 13 heavy (non-hydrogen) atoms. The lowest BCUT2D eigenvalue weighted by Crippen LogP contribution is -1.84. The lowest BCUT2D eigenvalue weighted by Gasteiger charge is -2.01. The second-order valence-electron chi connectivity index (χ2n) is 2.76. The molecule has 0 heterocycles. The van der Waals surface area contributed by atoms with E-state index in [0.717, 1.165) is 10.8 Å². The van der Waals surface area contributed by atoms with E-state index in [4.69, 9.17) is 5.73 Å². The van der Waals surface area contributed by atoms with Crippen molar-refractivity contribution in [3.8, 4) is 5.75 Å². The number of phenolic OH excluding ortho intramolecular Hbond substituents is 1. The molecule has 0 aliphatic rings. The smallest absolute Gasteiger partial charge is 0.125 e. The highest BCUT2D eigenvalue weighted by molar-refractivity contribution is 5.90. The van der Waals surface area contributed by atoms with Crippen molar-refractivity contribution in [1.82, 2.24) is 0 Å². The maximum Gasteiger partial charge on any atom is 0.125 e. The molecule has 0 saturated heterocycles. The summed E-state index contributed by atoms with van der Waals surface area (Å²) in [7, 11) is 0. The predicted molar refractivity (Wildman–Crippen MR) is 57.3 cm³/mol. The highest BCUT2D eigenvalue weighted by Crippen LogP contribution is 2.26. The molecule has 0 unspecified atom stereocenters. The van der Waals surface area contributed by atoms with Crippen molar-refractivity contribution >= 4 is 28.9 Å². The first kappa shape index (κ1) is 9.68. The van der Waals surface area contributed by atoms with E-state index in [1.807, 2.05) is 30.3 Å². The Bertz CT molecular complexity index is 428. The molecule has 2 aromatic rings. The maximum absolute atomic E-state index is 9.47. The molecule has 68 valence electrons. The van der Waals surface area contributed by atoms with E-state index < -0.39 is 0 Å². The van der Waals surface area contributed by atoms with Crippen LogP contribution in [0.4, 0.5) is 5.69 Å². The van der Waals surface area contributed by atoms with Crippen molar-refractivity contribution in [1.29, 1.82) is 0 Å². The highest BCUT2D eigenvalue weighted by Gasteiger charge is 1.98. The summed E-state index contributed by atoms with van der Waals surface area (Å²) in [6, 6.07) is 11.0. The number of anilines is 1. The van der Waals surface area contributed by atoms with Crippen LogP contribution < -0.4 is 5.73 Å². The number of nitrogen functional groups attached to an aromatic ring is 1. The van der Waals surface area contributed by atoms with Crippen molar-refractivity contribution in [2.45, 2.75) is 0 Å². The molecule has 0 bridgehead atoms. The summed E-state index contributed by atoms with van der Waals surface area (Å²) in [6.45, 7) is 0. The summed E-state index contributed by atoms with van der Waals surface area (Å²) >= 11 is 0. The van der Waals surface area contributed by atoms with Gasteiger partial charge in [0.2, 0.25) is 0 Å². The number of halogens is 1. The van der Waals surface area contributed by atoms with Crippen LogP contribution in [0.1, 0.15) is 0 Å². The fourth-order valence-electron chi connectivity index (χ4n) is 1.31. The van der Waals surface area contributed by atoms with Gasteiger partial charge < -0.3 is 10.8 Å². The van der Waals surface area contributed by atoms with Crippen LogP contribution in [-0.2, 0) is 0 Å². The van der Waals surface area contributed by atoms with Crippen LogP contribution in [0.25, 0.3) is 10.8 Å². The molecule has 0 amide bonds. The van der Waals surface area contributed by atoms with E-state index in [1.165, 1.54) is 0 Å². The van der Waals surface area contributed by atoms with E-state index in [0.29, 0.717) is 5.69 Å². The highest BCUT2D eigenvalue weighted by atomic mass is 35.5. The van der Waals surface area contributed by atoms with Crippen LogP contribution in [0.5, 0.6) is 5.75 Å². The van der Waals surface area contributed by atoms with Crippen molar-refractivity contribution in [2.75, 3.05) is 5.73 Å². The monoisotopic (exact) mass is 195 g/mol. The number of benzene rings is 2. The predicted octanol–water partition coefficient (Wildman–Crippen LogP) is 2.55. The van der Waals surface area contributed by atoms with Crippen LogP contribution in [0.15, 0.2) is 36.4 Å². The average Bonchev–Trinajstić information content (AvgIpc) is 2.04. The van der Waals surface area contributed by atoms with Crippen LogP contribution >= 0.6 is 12.4 Å². The van der Waals surface area contributed by atoms with E-state index >= 15 is 0 Å². The van der Waals surface area contributed by atoms with Crippen molar-refractivity contribution < 1.29 is 5.11 Å². The SMILES string of the molecule is Cl.Nc1cc(O)c2ccccc2c1. The molecule has 3 heteroatoms. The minimum atomic E-state index is 0. The topological polar surface area (TPSA) is 46.2 Å². The van der Waals surface area contributed by atoms with E-state index in [9.17, 15) is 5.11 Å². The van der Waals surface area contributed by atoms with Gasteiger partial charge in [0.1, 0.15) is 5.75 Å². The van der Waals surface area contributed by atoms with Crippen LogP contribution in [0.2, 0.25) is 0 Å². The Morgan fingerprint density at radius 1 is 1.08 bits per heavy atom. The van der Waals surface area contributed by atoms with Crippen molar-refractivity contribution in [2.24, 2.45) is 0 Å². The van der Waals surface area contributed by atoms with Gasteiger partial charge in [0.25, 0.3) is 0 Å². The van der Waals surface area contributed by atoms with Gasteiger partial charge in [0.15, 0.2) is 0 Å². The van der Waals surface area contributed by atoms with Gasteiger partial charge in [-0.3, -0.25) is 0 Å². The second-order valence-corrected chi connectivity index (χ2v) is 2.76. The number of hydrogen-bond acceptors (Lipinski definition) is 2. The Labute approximate surface area is 82.4 Å². The molecule has 2 nitrogen and oxygen atoms in total. The normalized spacial score (nSPS) is 9.54. The Morgan fingerprint density at radius 2 is 1.77 bits per heavy atom. The lowest BCUT2D eigenvalue weighted by molar-refractivity contribution is 0.482. The van der Waals surface area contributed by atoms with Gasteiger partial charge in [-0.1, -0.05) is 24.3 Å². The van der Waals surface area contributed by atoms with Crippen LogP contribution in [-0.4, -0.2) is 5.11 Å². The maximum atomic E-state index is 9.47. The number of phenols is 1. The first-order valence-corrected chi connectivity index (χ1v) is 3.74. The molecule has 0 aliphatic carbocycles. The molecule has 2 rings (SSSR count). The Kier molecular flexibility index (Phi) is 2.63. The summed E-state index contributed by atoms with van der Waals surface area (Å²) in [5.74, 6) is 0.241. The largest absolute Gasteiger partial charge is 0.507 e. The van der Waals surface area contributed by atoms with Gasteiger partial charge in [0, 0.05) is 17.1 Å². The third kappa shape index (κ3) is 1.68. The molecule has 0 fully saturated rings. The molecule has 2 aromatic carbocycles. The van der Waals surface area contributed by atoms with Crippen LogP contribution in [0.3, 0.4) is 0 Å². The second kappa shape index (κ2) is 3.54. The van der Waals surface area contributed by atoms with Gasteiger partial charge in [0.05, 0.1) is 0 Å². The summed E-state index contributed by atoms with van der Waals surface area (Å²) < 4.78 is 0. The third-order valence-electron chi connectivity index (χ3n) is 1.86. The van der Waals surface area contributed by atoms with E-state index in [1.54, 1.807) is 6.07 Å². The zero-order valence-electron chi connectivity index (χ0n) is 6.90. The number of nitrogens with two attached hydrogens (primary N) is 1. The number of rotatable bonds is 0. The first-order chi connectivity index (χ1) is 5.77. The Hall–Kier alpha value is -1.41. The number of fused-ring (bicyclic) bond motifs is 1. The molecular formula is C10H10ClNO. The molecule has 0 aliphatic heterocycles. The Morgan fingerprint density at radius 3 is 2.54 bits per heavy atom. The molecule has 0 saturated carbocycles. The third-order valence-corrected chi connectivity index (χ3v) is 1.86. The average molecular weight is 196 g/mol. The quantitative estimate of drug-likeness (QED) is 0.635. The summed E-state index contributed by atoms with van der Waals surface area (Å²) in [4.78, 5) is 0. The fraction of sp³-hybridized carbons (Fsp3) is 0. The summed E-state index contributed by atoms with van der Waals surface area (Å²) in [5, 5.41) is 11.3. The van der Waals surface area contributed by atoms with Gasteiger partial charge in [-0.2, -0.15) is 0 Å². The molecular weight excluding hydrogens is 186 g/mol. The van der Waals surface area contributed by atoms with Crippen LogP contribution in [0, 0.1) is 0 Å². The lowest BCUT2D eigenvalue weighted by atomic mass is 10.1. The summed E-state index contributed by atoms with van der Waals surface area (Å²) in [5.41, 5.74) is 6.15. The Balaban J connectivity index is 0.000000845. The van der Waals surface area contributed by atoms with E-state index in [2.05, 4.69) is 0 Å². The van der Waals surface area contributed by atoms with Gasteiger partial charge in [-0.25, -0.2) is 0 Å². The first-order valence-electron chi connectivity index (χ1n) is 3.74. The van der Waals surface area contributed by atoms with Crippen molar-refractivity contribution in [3.63, 3.8) is 0 Å². The van der Waals surface area contributed by atoms with Gasteiger partial charge in [-0.05, 0) is 11.5 Å². The minimum absolute atomic E-state index is 0. The minimum Gasteiger partial charge on any atom is -0.507 e. The molecule has 0 spiro atoms.